The van der Waals surface area contributed by atoms with Crippen molar-refractivity contribution in [3.8, 4) is 5.75 Å². The molecule has 0 saturated heterocycles. The normalized spacial score (nSPS) is 11.0. The van der Waals surface area contributed by atoms with E-state index in [1.807, 2.05) is 24.3 Å². The van der Waals surface area contributed by atoms with Gasteiger partial charge in [0, 0.05) is 22.5 Å². The van der Waals surface area contributed by atoms with E-state index < -0.39 is 0 Å². The van der Waals surface area contributed by atoms with E-state index in [1.165, 1.54) is 0 Å². The molecular weight excluding hydrogens is 309 g/mol. The van der Waals surface area contributed by atoms with E-state index in [-0.39, 0.29) is 6.61 Å². The van der Waals surface area contributed by atoms with Gasteiger partial charge in [-0.15, -0.1) is 0 Å². The van der Waals surface area contributed by atoms with E-state index in [9.17, 15) is 0 Å². The van der Waals surface area contributed by atoms with Crippen LogP contribution in [0.3, 0.4) is 0 Å². The lowest BCUT2D eigenvalue weighted by molar-refractivity contribution is 0.273. The van der Waals surface area contributed by atoms with Crippen molar-refractivity contribution >= 4 is 34.2 Å². The molecule has 5 heteroatoms. The topological polar surface area (TPSA) is 48.4 Å². The van der Waals surface area contributed by atoms with Crippen LogP contribution in [0.1, 0.15) is 11.3 Å². The van der Waals surface area contributed by atoms with Gasteiger partial charge in [0.15, 0.2) is 0 Å². The zero-order chi connectivity index (χ0) is 14.8. The molecule has 0 aliphatic rings. The maximum Gasteiger partial charge on any atom is 0.147 e. The summed E-state index contributed by atoms with van der Waals surface area (Å²) in [6, 6.07) is 12.9. The van der Waals surface area contributed by atoms with Crippen molar-refractivity contribution in [1.82, 2.24) is 0 Å². The molecule has 0 radical (unpaired) electrons. The van der Waals surface area contributed by atoms with Gasteiger partial charge in [-0.3, -0.25) is 0 Å². The molecule has 0 unspecified atom stereocenters. The van der Waals surface area contributed by atoms with Gasteiger partial charge in [-0.25, -0.2) is 0 Å². The van der Waals surface area contributed by atoms with Gasteiger partial charge in [0.1, 0.15) is 23.7 Å². The SMILES string of the molecule is NCc1c(COc2ccc(Cl)cc2Cl)oc2ccccc12. The fraction of sp³-hybridized carbons (Fsp3) is 0.125. The highest BCUT2D eigenvalue weighted by Crippen LogP contribution is 2.30. The molecule has 2 N–H and O–H groups in total. The van der Waals surface area contributed by atoms with Crippen LogP contribution >= 0.6 is 23.2 Å². The zero-order valence-electron chi connectivity index (χ0n) is 11.1. The van der Waals surface area contributed by atoms with Crippen molar-refractivity contribution < 1.29 is 9.15 Å². The lowest BCUT2D eigenvalue weighted by atomic mass is 10.1. The van der Waals surface area contributed by atoms with Crippen LogP contribution in [0.5, 0.6) is 5.75 Å². The van der Waals surface area contributed by atoms with Crippen molar-refractivity contribution in [1.29, 1.82) is 0 Å². The van der Waals surface area contributed by atoms with Crippen molar-refractivity contribution in [2.24, 2.45) is 5.73 Å². The molecule has 0 aliphatic heterocycles. The number of nitrogens with two attached hydrogens (primary N) is 1. The summed E-state index contributed by atoms with van der Waals surface area (Å²) in [5, 5.41) is 2.05. The van der Waals surface area contributed by atoms with Gasteiger partial charge in [0.25, 0.3) is 0 Å². The number of fused-ring (bicyclic) bond motifs is 1. The summed E-state index contributed by atoms with van der Waals surface area (Å²) in [5.41, 5.74) is 7.58. The average molecular weight is 322 g/mol. The minimum Gasteiger partial charge on any atom is -0.484 e. The molecule has 0 amide bonds. The highest BCUT2D eigenvalue weighted by Gasteiger charge is 2.13. The molecule has 3 nitrogen and oxygen atoms in total. The van der Waals surface area contributed by atoms with Crippen LogP contribution in [0.15, 0.2) is 46.9 Å². The third kappa shape index (κ3) is 2.86. The molecule has 2 aromatic carbocycles. The maximum atomic E-state index is 6.08. The molecule has 0 saturated carbocycles. The molecule has 0 spiro atoms. The summed E-state index contributed by atoms with van der Waals surface area (Å²) in [7, 11) is 0. The Morgan fingerprint density at radius 1 is 1.10 bits per heavy atom. The Morgan fingerprint density at radius 2 is 1.90 bits per heavy atom. The number of ether oxygens (including phenoxy) is 1. The van der Waals surface area contributed by atoms with E-state index in [0.717, 1.165) is 16.5 Å². The molecule has 0 aliphatic carbocycles. The molecule has 0 fully saturated rings. The molecule has 3 aromatic rings. The molecule has 21 heavy (non-hydrogen) atoms. The van der Waals surface area contributed by atoms with Crippen LogP contribution in [-0.2, 0) is 13.2 Å². The number of benzene rings is 2. The van der Waals surface area contributed by atoms with Crippen LogP contribution in [0.25, 0.3) is 11.0 Å². The number of hydrogen-bond acceptors (Lipinski definition) is 3. The van der Waals surface area contributed by atoms with Crippen LogP contribution in [0, 0.1) is 0 Å². The molecule has 3 rings (SSSR count). The first-order valence-electron chi connectivity index (χ1n) is 6.46. The molecule has 0 bridgehead atoms. The predicted octanol–water partition coefficient (Wildman–Crippen LogP) is 4.78. The number of para-hydroxylation sites is 1. The van der Waals surface area contributed by atoms with E-state index in [1.54, 1.807) is 18.2 Å². The highest BCUT2D eigenvalue weighted by atomic mass is 35.5. The fourth-order valence-corrected chi connectivity index (χ4v) is 2.69. The quantitative estimate of drug-likeness (QED) is 0.752. The Bertz CT molecular complexity index is 783. The predicted molar refractivity (Wildman–Crippen MR) is 84.9 cm³/mol. The van der Waals surface area contributed by atoms with Gasteiger partial charge in [-0.05, 0) is 24.3 Å². The maximum absolute atomic E-state index is 6.08. The molecule has 108 valence electrons. The molecule has 1 aromatic heterocycles. The van der Waals surface area contributed by atoms with Crippen LogP contribution < -0.4 is 10.5 Å². The van der Waals surface area contributed by atoms with E-state index in [4.69, 9.17) is 38.1 Å². The lowest BCUT2D eigenvalue weighted by Crippen LogP contribution is -2.02. The summed E-state index contributed by atoms with van der Waals surface area (Å²) < 4.78 is 11.5. The van der Waals surface area contributed by atoms with Crippen molar-refractivity contribution in [3.63, 3.8) is 0 Å². The monoisotopic (exact) mass is 321 g/mol. The van der Waals surface area contributed by atoms with Crippen molar-refractivity contribution in [2.75, 3.05) is 0 Å². The summed E-state index contributed by atoms with van der Waals surface area (Å²) in [4.78, 5) is 0. The third-order valence-corrected chi connectivity index (χ3v) is 3.77. The average Bonchev–Trinajstić information content (AvgIpc) is 2.83. The largest absolute Gasteiger partial charge is 0.484 e. The zero-order valence-corrected chi connectivity index (χ0v) is 12.6. The smallest absolute Gasteiger partial charge is 0.147 e. The standard InChI is InChI=1S/C16H13Cl2NO2/c17-10-5-6-15(13(18)7-10)20-9-16-12(8-19)11-3-1-2-4-14(11)21-16/h1-7H,8-9,19H2. The Labute approximate surface area is 132 Å². The number of furan rings is 1. The first-order valence-corrected chi connectivity index (χ1v) is 7.22. The van der Waals surface area contributed by atoms with Crippen LogP contribution in [0.4, 0.5) is 0 Å². The summed E-state index contributed by atoms with van der Waals surface area (Å²) in [6.45, 7) is 0.659. The second kappa shape index (κ2) is 5.98. The summed E-state index contributed by atoms with van der Waals surface area (Å²) in [5.74, 6) is 1.27. The lowest BCUT2D eigenvalue weighted by Gasteiger charge is -2.07. The minimum atomic E-state index is 0.266. The second-order valence-corrected chi connectivity index (χ2v) is 5.41. The van der Waals surface area contributed by atoms with E-state index in [2.05, 4.69) is 0 Å². The van der Waals surface area contributed by atoms with E-state index >= 15 is 0 Å². The number of rotatable bonds is 4. The Morgan fingerprint density at radius 3 is 2.67 bits per heavy atom. The number of hydrogen-bond donors (Lipinski definition) is 1. The van der Waals surface area contributed by atoms with Gasteiger partial charge in [0.05, 0.1) is 5.02 Å². The molecular formula is C16H13Cl2NO2. The minimum absolute atomic E-state index is 0.266. The fourth-order valence-electron chi connectivity index (χ4n) is 2.23. The molecule has 0 atom stereocenters. The molecule has 1 heterocycles. The second-order valence-electron chi connectivity index (χ2n) is 4.57. The summed E-state index contributed by atoms with van der Waals surface area (Å²) >= 11 is 11.9. The van der Waals surface area contributed by atoms with Crippen LogP contribution in [-0.4, -0.2) is 0 Å². The number of halogens is 2. The van der Waals surface area contributed by atoms with Gasteiger partial charge < -0.3 is 14.9 Å². The highest BCUT2D eigenvalue weighted by molar-refractivity contribution is 6.35. The van der Waals surface area contributed by atoms with Gasteiger partial charge in [-0.2, -0.15) is 0 Å². The van der Waals surface area contributed by atoms with Crippen LogP contribution in [0.2, 0.25) is 10.0 Å². The Hall–Kier alpha value is -1.68. The Balaban J connectivity index is 1.88. The van der Waals surface area contributed by atoms with Gasteiger partial charge in [0.2, 0.25) is 0 Å². The van der Waals surface area contributed by atoms with E-state index in [0.29, 0.717) is 28.1 Å². The third-order valence-electron chi connectivity index (χ3n) is 3.24. The van der Waals surface area contributed by atoms with Gasteiger partial charge in [-0.1, -0.05) is 41.4 Å². The van der Waals surface area contributed by atoms with Crippen molar-refractivity contribution in [2.45, 2.75) is 13.2 Å². The first-order chi connectivity index (χ1) is 10.2. The Kier molecular flexibility index (Phi) is 4.06. The summed E-state index contributed by atoms with van der Waals surface area (Å²) in [6.07, 6.45) is 0. The van der Waals surface area contributed by atoms with Crippen molar-refractivity contribution in [3.05, 3.63) is 63.8 Å². The first kappa shape index (κ1) is 14.3. The van der Waals surface area contributed by atoms with Gasteiger partial charge >= 0.3 is 0 Å².